The predicted octanol–water partition coefficient (Wildman–Crippen LogP) is 4.18. The van der Waals surface area contributed by atoms with Crippen LogP contribution in [0.15, 0.2) is 28.7 Å². The normalized spacial score (nSPS) is 12.2. The summed E-state index contributed by atoms with van der Waals surface area (Å²) in [5, 5.41) is 8.18. The van der Waals surface area contributed by atoms with E-state index in [0.717, 1.165) is 10.2 Å². The molecule has 22 heavy (non-hydrogen) atoms. The molecule has 1 aromatic carbocycles. The van der Waals surface area contributed by atoms with Crippen LogP contribution in [-0.2, 0) is 4.74 Å². The number of amides is 1. The van der Waals surface area contributed by atoms with Crippen molar-refractivity contribution >= 4 is 79.8 Å². The molecule has 0 fully saturated rings. The van der Waals surface area contributed by atoms with Gasteiger partial charge in [0.15, 0.2) is 11.3 Å². The number of rotatable bonds is 4. The summed E-state index contributed by atoms with van der Waals surface area (Å²) in [6.45, 7) is 1.86. The number of benzene rings is 1. The van der Waals surface area contributed by atoms with Gasteiger partial charge in [-0.05, 0) is 37.3 Å². The van der Waals surface area contributed by atoms with Crippen molar-refractivity contribution < 1.29 is 9.53 Å². The molecule has 0 heterocycles. The molecule has 0 saturated carbocycles. The number of carbonyl (C=O) groups excluding carboxylic acids is 1. The first-order valence-electron chi connectivity index (χ1n) is 6.05. The zero-order valence-electron chi connectivity index (χ0n) is 11.3. The monoisotopic (exact) mass is 447 g/mol. The van der Waals surface area contributed by atoms with Crippen molar-refractivity contribution in [3.05, 3.63) is 28.7 Å². The fourth-order valence-corrected chi connectivity index (χ4v) is 2.32. The van der Waals surface area contributed by atoms with Crippen LogP contribution >= 0.6 is 63.0 Å². The van der Waals surface area contributed by atoms with Gasteiger partial charge in [0.2, 0.25) is 3.79 Å². The van der Waals surface area contributed by atoms with Crippen molar-refractivity contribution in [3.63, 3.8) is 0 Å². The molecular formula is C12H13BrCl3N3O2S. The van der Waals surface area contributed by atoms with Crippen LogP contribution in [0.3, 0.4) is 0 Å². The topological polar surface area (TPSA) is 62.4 Å². The van der Waals surface area contributed by atoms with Gasteiger partial charge in [0.1, 0.15) is 0 Å². The summed E-state index contributed by atoms with van der Waals surface area (Å²) in [6, 6.07) is 7.32. The number of nitrogens with one attached hydrogen (secondary N) is 3. The van der Waals surface area contributed by atoms with E-state index in [9.17, 15) is 4.79 Å². The van der Waals surface area contributed by atoms with Crippen molar-refractivity contribution in [1.29, 1.82) is 0 Å². The number of hydrogen-bond acceptors (Lipinski definition) is 3. The third-order valence-electron chi connectivity index (χ3n) is 2.22. The first-order valence-corrected chi connectivity index (χ1v) is 8.39. The van der Waals surface area contributed by atoms with E-state index in [1.54, 1.807) is 6.92 Å². The number of ether oxygens (including phenoxy) is 1. The molecule has 122 valence electrons. The van der Waals surface area contributed by atoms with Crippen LogP contribution in [0.2, 0.25) is 0 Å². The summed E-state index contributed by atoms with van der Waals surface area (Å²) in [7, 11) is 0. The molecule has 3 N–H and O–H groups in total. The highest BCUT2D eigenvalue weighted by Gasteiger charge is 2.35. The molecule has 5 nitrogen and oxygen atoms in total. The Hall–Kier alpha value is -0.470. The SMILES string of the molecule is CCOC(=O)NC(NC(=S)Nc1cccc(Br)c1)C(Cl)(Cl)Cl. The minimum Gasteiger partial charge on any atom is -0.450 e. The van der Waals surface area contributed by atoms with Crippen molar-refractivity contribution in [2.45, 2.75) is 16.9 Å². The highest BCUT2D eigenvalue weighted by atomic mass is 79.9. The number of thiocarbonyl (C=S) groups is 1. The largest absolute Gasteiger partial charge is 0.450 e. The van der Waals surface area contributed by atoms with Crippen LogP contribution in [0.1, 0.15) is 6.92 Å². The lowest BCUT2D eigenvalue weighted by Crippen LogP contribution is -2.56. The van der Waals surface area contributed by atoms with Gasteiger partial charge in [-0.2, -0.15) is 0 Å². The van der Waals surface area contributed by atoms with Crippen molar-refractivity contribution in [2.24, 2.45) is 0 Å². The van der Waals surface area contributed by atoms with Gasteiger partial charge < -0.3 is 15.4 Å². The molecule has 0 saturated heterocycles. The maximum Gasteiger partial charge on any atom is 0.408 e. The van der Waals surface area contributed by atoms with Gasteiger partial charge in [-0.15, -0.1) is 0 Å². The lowest BCUT2D eigenvalue weighted by Gasteiger charge is -2.27. The Bertz CT molecular complexity index is 543. The first kappa shape index (κ1) is 19.6. The molecule has 1 amide bonds. The molecule has 10 heteroatoms. The Morgan fingerprint density at radius 1 is 1.41 bits per heavy atom. The van der Waals surface area contributed by atoms with Gasteiger partial charge in [0, 0.05) is 10.2 Å². The van der Waals surface area contributed by atoms with E-state index in [-0.39, 0.29) is 11.7 Å². The summed E-state index contributed by atoms with van der Waals surface area (Å²) in [6.07, 6.45) is -1.79. The summed E-state index contributed by atoms with van der Waals surface area (Å²) >= 11 is 25.9. The van der Waals surface area contributed by atoms with Crippen LogP contribution in [-0.4, -0.2) is 27.8 Å². The number of halogens is 4. The predicted molar refractivity (Wildman–Crippen MR) is 97.7 cm³/mol. The summed E-state index contributed by atoms with van der Waals surface area (Å²) < 4.78 is 3.80. The Kier molecular flexibility index (Phi) is 7.99. The summed E-state index contributed by atoms with van der Waals surface area (Å²) in [5.74, 6) is 0. The third kappa shape index (κ3) is 7.19. The van der Waals surface area contributed by atoms with Gasteiger partial charge in [-0.25, -0.2) is 4.79 Å². The zero-order chi connectivity index (χ0) is 16.8. The molecule has 1 unspecified atom stereocenters. The van der Waals surface area contributed by atoms with E-state index < -0.39 is 16.1 Å². The molecule has 0 bridgehead atoms. The average Bonchev–Trinajstić information content (AvgIpc) is 2.37. The lowest BCUT2D eigenvalue weighted by molar-refractivity contribution is 0.147. The molecule has 0 aliphatic carbocycles. The van der Waals surface area contributed by atoms with Gasteiger partial charge >= 0.3 is 6.09 Å². The molecule has 0 aliphatic rings. The quantitative estimate of drug-likeness (QED) is 0.366. The Balaban J connectivity index is 2.68. The number of alkyl halides is 3. The highest BCUT2D eigenvalue weighted by molar-refractivity contribution is 9.10. The van der Waals surface area contributed by atoms with E-state index in [2.05, 4.69) is 31.9 Å². The fourth-order valence-electron chi connectivity index (χ4n) is 1.35. The van der Waals surface area contributed by atoms with Gasteiger partial charge in [-0.3, -0.25) is 5.32 Å². The number of anilines is 1. The first-order chi connectivity index (χ1) is 10.2. The molecule has 1 atom stereocenters. The molecule has 1 aromatic rings. The van der Waals surface area contributed by atoms with Crippen LogP contribution in [0, 0.1) is 0 Å². The Labute approximate surface area is 157 Å². The van der Waals surface area contributed by atoms with Crippen molar-refractivity contribution in [3.8, 4) is 0 Å². The molecule has 1 rings (SSSR count). The van der Waals surface area contributed by atoms with E-state index in [4.69, 9.17) is 51.8 Å². The van der Waals surface area contributed by atoms with E-state index in [1.807, 2.05) is 24.3 Å². The smallest absolute Gasteiger partial charge is 0.408 e. The van der Waals surface area contributed by atoms with E-state index in [0.29, 0.717) is 0 Å². The van der Waals surface area contributed by atoms with Gasteiger partial charge in [0.25, 0.3) is 0 Å². The fraction of sp³-hybridized carbons (Fsp3) is 0.333. The summed E-state index contributed by atoms with van der Waals surface area (Å²) in [4.78, 5) is 11.5. The van der Waals surface area contributed by atoms with Gasteiger partial charge in [0.05, 0.1) is 6.61 Å². The van der Waals surface area contributed by atoms with Crippen LogP contribution in [0.4, 0.5) is 10.5 Å². The van der Waals surface area contributed by atoms with Crippen molar-refractivity contribution in [2.75, 3.05) is 11.9 Å². The van der Waals surface area contributed by atoms with Crippen LogP contribution < -0.4 is 16.0 Å². The molecular weight excluding hydrogens is 436 g/mol. The van der Waals surface area contributed by atoms with Crippen LogP contribution in [0.25, 0.3) is 0 Å². The molecule has 0 aliphatic heterocycles. The highest BCUT2D eigenvalue weighted by Crippen LogP contribution is 2.29. The van der Waals surface area contributed by atoms with Crippen molar-refractivity contribution in [1.82, 2.24) is 10.6 Å². The minimum atomic E-state index is -1.82. The zero-order valence-corrected chi connectivity index (χ0v) is 16.0. The third-order valence-corrected chi connectivity index (χ3v) is 3.59. The summed E-state index contributed by atoms with van der Waals surface area (Å²) in [5.41, 5.74) is 0.728. The minimum absolute atomic E-state index is 0.172. The van der Waals surface area contributed by atoms with E-state index in [1.165, 1.54) is 0 Å². The number of carbonyl (C=O) groups is 1. The second-order valence-electron chi connectivity index (χ2n) is 3.95. The maximum absolute atomic E-state index is 11.5. The number of alkyl carbamates (subject to hydrolysis) is 1. The molecule has 0 aromatic heterocycles. The average molecular weight is 450 g/mol. The Morgan fingerprint density at radius 3 is 2.64 bits per heavy atom. The van der Waals surface area contributed by atoms with Crippen LogP contribution in [0.5, 0.6) is 0 Å². The lowest BCUT2D eigenvalue weighted by atomic mass is 10.3. The maximum atomic E-state index is 11.5. The van der Waals surface area contributed by atoms with Gasteiger partial charge in [-0.1, -0.05) is 56.8 Å². The second-order valence-corrected chi connectivity index (χ2v) is 7.64. The standard InChI is InChI=1S/C12H13BrCl3N3O2S/c1-2-21-11(20)19-9(12(14,15)16)18-10(22)17-8-5-3-4-7(13)6-8/h3-6,9H,2H2,1H3,(H,19,20)(H2,17,18,22). The number of hydrogen-bond donors (Lipinski definition) is 3. The Morgan fingerprint density at radius 2 is 2.09 bits per heavy atom. The van der Waals surface area contributed by atoms with E-state index >= 15 is 0 Å². The molecule has 0 radical (unpaired) electrons. The molecule has 0 spiro atoms. The second kappa shape index (κ2) is 8.98.